The summed E-state index contributed by atoms with van der Waals surface area (Å²) in [6, 6.07) is 9.69. The van der Waals surface area contributed by atoms with E-state index < -0.39 is 0 Å². The molecule has 0 heterocycles. The second-order valence-corrected chi connectivity index (χ2v) is 5.24. The summed E-state index contributed by atoms with van der Waals surface area (Å²) in [5.41, 5.74) is 7.08. The quantitative estimate of drug-likeness (QED) is 0.561. The Morgan fingerprint density at radius 1 is 1.30 bits per heavy atom. The van der Waals surface area contributed by atoms with Gasteiger partial charge in [0.25, 0.3) is 5.91 Å². The molecule has 0 unspecified atom stereocenters. The number of nitrogens with two attached hydrogens (primary N) is 1. The fourth-order valence-corrected chi connectivity index (χ4v) is 1.99. The molecule has 0 bridgehead atoms. The zero-order valence-corrected chi connectivity index (χ0v) is 12.8. The Kier molecular flexibility index (Phi) is 4.33. The molecule has 2 aromatic rings. The number of hydrogen-bond acceptors (Lipinski definition) is 4. The third-order valence-electron chi connectivity index (χ3n) is 2.68. The lowest BCUT2D eigenvalue weighted by Gasteiger charge is -2.11. The molecule has 6 heteroatoms. The number of anilines is 2. The van der Waals surface area contributed by atoms with E-state index in [4.69, 9.17) is 10.5 Å². The number of ether oxygens (including phenoxy) is 1. The van der Waals surface area contributed by atoms with Crippen molar-refractivity contribution >= 4 is 39.9 Å². The van der Waals surface area contributed by atoms with Crippen LogP contribution < -0.4 is 15.8 Å². The normalized spacial score (nSPS) is 10.1. The zero-order chi connectivity index (χ0) is 14.7. The van der Waals surface area contributed by atoms with Crippen molar-refractivity contribution in [2.75, 3.05) is 18.2 Å². The average molecular weight is 384 g/mol. The predicted octanol–water partition coefficient (Wildman–Crippen LogP) is 2.84. The molecule has 2 aromatic carbocycles. The minimum Gasteiger partial charge on any atom is -0.507 e. The second kappa shape index (κ2) is 6.00. The van der Waals surface area contributed by atoms with Crippen LogP contribution in [0.5, 0.6) is 11.5 Å². The van der Waals surface area contributed by atoms with Crippen LogP contribution in [0.3, 0.4) is 0 Å². The summed E-state index contributed by atoms with van der Waals surface area (Å²) in [5, 5.41) is 12.3. The molecule has 2 rings (SSSR count). The van der Waals surface area contributed by atoms with Crippen molar-refractivity contribution in [1.82, 2.24) is 0 Å². The van der Waals surface area contributed by atoms with Gasteiger partial charge in [0.2, 0.25) is 0 Å². The smallest absolute Gasteiger partial charge is 0.255 e. The largest absolute Gasteiger partial charge is 0.507 e. The highest BCUT2D eigenvalue weighted by Gasteiger charge is 2.11. The standard InChI is InChI=1S/C14H13IN2O3/c1-20-13-7-9(16)3-5-11(13)17-14(19)8-2-4-10(15)12(18)6-8/h2-7,18H,16H2,1H3,(H,17,19). The van der Waals surface area contributed by atoms with Gasteiger partial charge >= 0.3 is 0 Å². The van der Waals surface area contributed by atoms with Gasteiger partial charge in [0.1, 0.15) is 11.5 Å². The summed E-state index contributed by atoms with van der Waals surface area (Å²) in [7, 11) is 1.50. The molecular weight excluding hydrogens is 371 g/mol. The third-order valence-corrected chi connectivity index (χ3v) is 3.59. The highest BCUT2D eigenvalue weighted by Crippen LogP contribution is 2.27. The first-order chi connectivity index (χ1) is 9.51. The number of carbonyl (C=O) groups excluding carboxylic acids is 1. The number of rotatable bonds is 3. The molecule has 0 aromatic heterocycles. The van der Waals surface area contributed by atoms with Gasteiger partial charge in [-0.3, -0.25) is 4.79 Å². The van der Waals surface area contributed by atoms with Crippen molar-refractivity contribution in [3.05, 3.63) is 45.5 Å². The molecule has 0 saturated carbocycles. The van der Waals surface area contributed by atoms with E-state index in [0.29, 0.717) is 26.3 Å². The highest BCUT2D eigenvalue weighted by atomic mass is 127. The minimum atomic E-state index is -0.334. The van der Waals surface area contributed by atoms with E-state index in [1.165, 1.54) is 13.2 Å². The number of nitrogens with one attached hydrogen (secondary N) is 1. The topological polar surface area (TPSA) is 84.6 Å². The maximum absolute atomic E-state index is 12.1. The summed E-state index contributed by atoms with van der Waals surface area (Å²) in [6.45, 7) is 0. The first-order valence-electron chi connectivity index (χ1n) is 5.74. The van der Waals surface area contributed by atoms with E-state index in [1.54, 1.807) is 30.3 Å². The average Bonchev–Trinajstić information content (AvgIpc) is 2.43. The van der Waals surface area contributed by atoms with E-state index in [9.17, 15) is 9.90 Å². The number of phenolic OH excluding ortho intramolecular Hbond substituents is 1. The van der Waals surface area contributed by atoms with Gasteiger partial charge in [-0.25, -0.2) is 0 Å². The lowest BCUT2D eigenvalue weighted by atomic mass is 10.2. The highest BCUT2D eigenvalue weighted by molar-refractivity contribution is 14.1. The van der Waals surface area contributed by atoms with Crippen LogP contribution in [0.2, 0.25) is 0 Å². The number of aromatic hydroxyl groups is 1. The van der Waals surface area contributed by atoms with Gasteiger partial charge < -0.3 is 20.9 Å². The Labute approximate surface area is 129 Å². The van der Waals surface area contributed by atoms with Crippen molar-refractivity contribution < 1.29 is 14.6 Å². The van der Waals surface area contributed by atoms with E-state index in [0.717, 1.165) is 0 Å². The number of benzene rings is 2. The van der Waals surface area contributed by atoms with E-state index in [2.05, 4.69) is 5.32 Å². The first-order valence-corrected chi connectivity index (χ1v) is 6.82. The SMILES string of the molecule is COc1cc(N)ccc1NC(=O)c1ccc(I)c(O)c1. The van der Waals surface area contributed by atoms with Crippen LogP contribution in [0.15, 0.2) is 36.4 Å². The van der Waals surface area contributed by atoms with E-state index >= 15 is 0 Å². The van der Waals surface area contributed by atoms with Crippen molar-refractivity contribution in [1.29, 1.82) is 0 Å². The number of methoxy groups -OCH3 is 1. The number of carbonyl (C=O) groups is 1. The minimum absolute atomic E-state index is 0.0718. The fourth-order valence-electron chi connectivity index (χ4n) is 1.66. The van der Waals surface area contributed by atoms with Gasteiger partial charge in [0, 0.05) is 17.3 Å². The molecule has 20 heavy (non-hydrogen) atoms. The monoisotopic (exact) mass is 384 g/mol. The Morgan fingerprint density at radius 2 is 2.05 bits per heavy atom. The third kappa shape index (κ3) is 3.13. The number of amides is 1. The van der Waals surface area contributed by atoms with Crippen LogP contribution in [-0.4, -0.2) is 18.1 Å². The molecule has 0 aliphatic carbocycles. The summed E-state index contributed by atoms with van der Waals surface area (Å²) < 4.78 is 5.84. The summed E-state index contributed by atoms with van der Waals surface area (Å²) in [4.78, 5) is 12.1. The Morgan fingerprint density at radius 3 is 2.70 bits per heavy atom. The number of nitrogen functional groups attached to an aromatic ring is 1. The van der Waals surface area contributed by atoms with Crippen molar-refractivity contribution in [2.45, 2.75) is 0 Å². The maximum atomic E-state index is 12.1. The first kappa shape index (κ1) is 14.4. The molecule has 0 atom stereocenters. The summed E-state index contributed by atoms with van der Waals surface area (Å²) >= 11 is 1.99. The van der Waals surface area contributed by atoms with E-state index in [1.807, 2.05) is 22.6 Å². The molecular formula is C14H13IN2O3. The van der Waals surface area contributed by atoms with Gasteiger partial charge in [-0.1, -0.05) is 0 Å². The van der Waals surface area contributed by atoms with Crippen LogP contribution in [0.1, 0.15) is 10.4 Å². The molecule has 5 nitrogen and oxygen atoms in total. The zero-order valence-electron chi connectivity index (χ0n) is 10.7. The van der Waals surface area contributed by atoms with Gasteiger partial charge in [0.05, 0.1) is 16.4 Å². The molecule has 0 spiro atoms. The lowest BCUT2D eigenvalue weighted by Crippen LogP contribution is -2.12. The van der Waals surface area contributed by atoms with Crippen molar-refractivity contribution in [3.63, 3.8) is 0 Å². The Hall–Kier alpha value is -1.96. The fraction of sp³-hybridized carbons (Fsp3) is 0.0714. The molecule has 0 radical (unpaired) electrons. The van der Waals surface area contributed by atoms with Crippen molar-refractivity contribution in [3.8, 4) is 11.5 Å². The molecule has 0 aliphatic rings. The molecule has 4 N–H and O–H groups in total. The van der Waals surface area contributed by atoms with Crippen LogP contribution in [0.4, 0.5) is 11.4 Å². The predicted molar refractivity (Wildman–Crippen MR) is 86.2 cm³/mol. The summed E-state index contributed by atoms with van der Waals surface area (Å²) in [5.74, 6) is 0.218. The van der Waals surface area contributed by atoms with Crippen molar-refractivity contribution in [2.24, 2.45) is 0 Å². The van der Waals surface area contributed by atoms with Gasteiger partial charge in [-0.05, 0) is 52.9 Å². The summed E-state index contributed by atoms with van der Waals surface area (Å²) in [6.07, 6.45) is 0. The second-order valence-electron chi connectivity index (χ2n) is 4.08. The Balaban J connectivity index is 2.25. The lowest BCUT2D eigenvalue weighted by molar-refractivity contribution is 0.102. The number of phenols is 1. The molecule has 1 amide bonds. The molecule has 0 saturated heterocycles. The molecule has 104 valence electrons. The van der Waals surface area contributed by atoms with Crippen LogP contribution in [-0.2, 0) is 0 Å². The maximum Gasteiger partial charge on any atom is 0.255 e. The van der Waals surface area contributed by atoms with Gasteiger partial charge in [0.15, 0.2) is 0 Å². The number of hydrogen-bond donors (Lipinski definition) is 3. The van der Waals surface area contributed by atoms with Crippen LogP contribution in [0, 0.1) is 3.57 Å². The van der Waals surface area contributed by atoms with Gasteiger partial charge in [-0.2, -0.15) is 0 Å². The van der Waals surface area contributed by atoms with Gasteiger partial charge in [-0.15, -0.1) is 0 Å². The molecule has 0 fully saturated rings. The van der Waals surface area contributed by atoms with Crippen LogP contribution >= 0.6 is 22.6 Å². The van der Waals surface area contributed by atoms with Crippen LogP contribution in [0.25, 0.3) is 0 Å². The molecule has 0 aliphatic heterocycles. The Bertz CT molecular complexity index is 659. The van der Waals surface area contributed by atoms with E-state index in [-0.39, 0.29) is 11.7 Å². The number of halogens is 1.